The van der Waals surface area contributed by atoms with Gasteiger partial charge < -0.3 is 15.1 Å². The second-order valence-corrected chi connectivity index (χ2v) is 9.33. The van der Waals surface area contributed by atoms with E-state index in [9.17, 15) is 50.4 Å². The van der Waals surface area contributed by atoms with E-state index < -0.39 is 82.6 Å². The third-order valence-corrected chi connectivity index (χ3v) is 6.30. The Morgan fingerprint density at radius 2 is 1.77 bits per heavy atom. The highest BCUT2D eigenvalue weighted by molar-refractivity contribution is 6.19. The minimum absolute atomic E-state index is 0.151. The number of ketones is 1. The zero-order valence-electron chi connectivity index (χ0n) is 22.9. The summed E-state index contributed by atoms with van der Waals surface area (Å²) in [6.07, 6.45) is -2.49. The van der Waals surface area contributed by atoms with Crippen molar-refractivity contribution in [2.45, 2.75) is 19.5 Å². The van der Waals surface area contributed by atoms with Gasteiger partial charge in [-0.3, -0.25) is 14.4 Å². The number of rotatable bonds is 10. The molecular formula is C30H21F7N4O3. The minimum atomic E-state index is -5.04. The predicted molar refractivity (Wildman–Crippen MR) is 147 cm³/mol. The van der Waals surface area contributed by atoms with Gasteiger partial charge >= 0.3 is 6.18 Å². The van der Waals surface area contributed by atoms with E-state index in [0.29, 0.717) is 12.1 Å². The van der Waals surface area contributed by atoms with Gasteiger partial charge in [-0.05, 0) is 48.9 Å². The van der Waals surface area contributed by atoms with Crippen molar-refractivity contribution in [1.82, 2.24) is 0 Å². The molecular weight excluding hydrogens is 597 g/mol. The van der Waals surface area contributed by atoms with E-state index >= 15 is 0 Å². The number of carbonyl (C=O) groups excluding carboxylic acids is 3. The van der Waals surface area contributed by atoms with Crippen LogP contribution in [-0.2, 0) is 11.0 Å². The molecule has 0 saturated heterocycles. The first-order valence-electron chi connectivity index (χ1n) is 12.4. The zero-order chi connectivity index (χ0) is 32.9. The first-order chi connectivity index (χ1) is 20.6. The monoisotopic (exact) mass is 618 g/mol. The van der Waals surface area contributed by atoms with E-state index in [1.807, 2.05) is 0 Å². The summed E-state index contributed by atoms with van der Waals surface area (Å²) in [5, 5.41) is 12.4. The number of nitrogens with zero attached hydrogens (tertiary/aromatic N) is 3. The molecule has 3 aromatic rings. The Hall–Kier alpha value is -5.37. The molecule has 0 aliphatic heterocycles. The molecule has 0 aliphatic rings. The Kier molecular flexibility index (Phi) is 10.0. The highest BCUT2D eigenvalue weighted by Crippen LogP contribution is 2.41. The van der Waals surface area contributed by atoms with E-state index in [1.165, 1.54) is 13.0 Å². The number of terminal acetylenes is 1. The van der Waals surface area contributed by atoms with E-state index in [0.717, 1.165) is 35.0 Å². The Bertz CT molecular complexity index is 1710. The van der Waals surface area contributed by atoms with Gasteiger partial charge in [-0.25, -0.2) is 17.6 Å². The molecule has 0 radical (unpaired) electrons. The van der Waals surface area contributed by atoms with Crippen molar-refractivity contribution in [2.24, 2.45) is 0 Å². The third kappa shape index (κ3) is 7.15. The number of amides is 2. The normalized spacial score (nSPS) is 11.0. The fourth-order valence-corrected chi connectivity index (χ4v) is 4.31. The molecule has 0 aromatic heterocycles. The van der Waals surface area contributed by atoms with Crippen molar-refractivity contribution < 1.29 is 45.1 Å². The first kappa shape index (κ1) is 33.1. The number of hydrogen-bond acceptors (Lipinski definition) is 5. The molecule has 0 fully saturated rings. The van der Waals surface area contributed by atoms with Crippen LogP contribution in [0.15, 0.2) is 42.5 Å². The maximum Gasteiger partial charge on any atom is 0.416 e. The summed E-state index contributed by atoms with van der Waals surface area (Å²) in [6.45, 7) is -0.0666. The van der Waals surface area contributed by atoms with Crippen LogP contribution in [0.25, 0.3) is 0 Å². The Labute approximate surface area is 246 Å². The Morgan fingerprint density at radius 1 is 1.09 bits per heavy atom. The van der Waals surface area contributed by atoms with Crippen LogP contribution in [-0.4, -0.2) is 44.7 Å². The van der Waals surface area contributed by atoms with E-state index in [-0.39, 0.29) is 29.3 Å². The van der Waals surface area contributed by atoms with Crippen molar-refractivity contribution in [3.05, 3.63) is 87.5 Å². The second-order valence-electron chi connectivity index (χ2n) is 9.33. The van der Waals surface area contributed by atoms with Gasteiger partial charge in [0.05, 0.1) is 46.8 Å². The molecule has 228 valence electrons. The van der Waals surface area contributed by atoms with Gasteiger partial charge in [-0.1, -0.05) is 12.0 Å². The summed E-state index contributed by atoms with van der Waals surface area (Å²) in [5.74, 6) is -2.59. The highest BCUT2D eigenvalue weighted by Gasteiger charge is 2.33. The number of hydrogen-bond donors (Lipinski definition) is 1. The standard InChI is InChI=1S/C30H21F7N4O3/c1-4-7-41(15-42)27-22(13-38)26(28(43)21-11-19(31)6-5-16(21)2)23(12-24(27)40(3)14-25(33)34)39-29(44)17-8-18(30(35,36)37)10-20(32)9-17/h1,5-6,8-12,15,25H,7,14H2,2-3H3,(H,39,44). The lowest BCUT2D eigenvalue weighted by molar-refractivity contribution is -0.137. The average molecular weight is 619 g/mol. The molecule has 1 N–H and O–H groups in total. The summed E-state index contributed by atoms with van der Waals surface area (Å²) < 4.78 is 95.0. The number of nitriles is 1. The lowest BCUT2D eigenvalue weighted by atomic mass is 9.91. The smallest absolute Gasteiger partial charge is 0.367 e. The quantitative estimate of drug-likeness (QED) is 0.131. The fourth-order valence-electron chi connectivity index (χ4n) is 4.31. The molecule has 0 aliphatic carbocycles. The van der Waals surface area contributed by atoms with Gasteiger partial charge in [-0.2, -0.15) is 18.4 Å². The fraction of sp³-hybridized carbons (Fsp3) is 0.200. The number of halogens is 7. The number of benzene rings is 3. The number of aryl methyl sites for hydroxylation is 1. The Balaban J connectivity index is 2.41. The number of carbonyl (C=O) groups is 3. The largest absolute Gasteiger partial charge is 0.416 e. The first-order valence-corrected chi connectivity index (χ1v) is 12.4. The van der Waals surface area contributed by atoms with Gasteiger partial charge in [0.25, 0.3) is 12.3 Å². The van der Waals surface area contributed by atoms with Gasteiger partial charge in [0.1, 0.15) is 17.7 Å². The molecule has 0 heterocycles. The van der Waals surface area contributed by atoms with Gasteiger partial charge in [0, 0.05) is 18.2 Å². The van der Waals surface area contributed by atoms with E-state index in [1.54, 1.807) is 6.07 Å². The molecule has 14 heteroatoms. The van der Waals surface area contributed by atoms with Crippen LogP contribution in [0.4, 0.5) is 47.8 Å². The highest BCUT2D eigenvalue weighted by atomic mass is 19.4. The molecule has 3 rings (SSSR count). The van der Waals surface area contributed by atoms with Gasteiger partial charge in [-0.15, -0.1) is 6.42 Å². The number of anilines is 3. The van der Waals surface area contributed by atoms with Crippen LogP contribution >= 0.6 is 0 Å². The van der Waals surface area contributed by atoms with Gasteiger partial charge in [0.15, 0.2) is 5.78 Å². The summed E-state index contributed by atoms with van der Waals surface area (Å²) in [5.41, 5.74) is -5.11. The summed E-state index contributed by atoms with van der Waals surface area (Å²) in [6, 6.07) is 6.69. The second kappa shape index (κ2) is 13.3. The molecule has 2 amide bonds. The molecule has 0 atom stereocenters. The maximum absolute atomic E-state index is 14.2. The molecule has 0 bridgehead atoms. The minimum Gasteiger partial charge on any atom is -0.367 e. The Morgan fingerprint density at radius 3 is 2.34 bits per heavy atom. The maximum atomic E-state index is 14.2. The zero-order valence-corrected chi connectivity index (χ0v) is 22.9. The van der Waals surface area contributed by atoms with E-state index in [4.69, 9.17) is 6.42 Å². The third-order valence-electron chi connectivity index (χ3n) is 6.30. The van der Waals surface area contributed by atoms with Crippen LogP contribution < -0.4 is 15.1 Å². The van der Waals surface area contributed by atoms with Crippen LogP contribution in [0, 0.1) is 42.2 Å². The molecule has 7 nitrogen and oxygen atoms in total. The summed E-state index contributed by atoms with van der Waals surface area (Å²) in [7, 11) is 1.14. The van der Waals surface area contributed by atoms with Crippen LogP contribution in [0.1, 0.15) is 43.0 Å². The summed E-state index contributed by atoms with van der Waals surface area (Å²) in [4.78, 5) is 40.8. The number of alkyl halides is 5. The molecule has 3 aromatic carbocycles. The van der Waals surface area contributed by atoms with Gasteiger partial charge in [0.2, 0.25) is 6.41 Å². The molecule has 44 heavy (non-hydrogen) atoms. The van der Waals surface area contributed by atoms with Crippen molar-refractivity contribution in [3.8, 4) is 18.4 Å². The average Bonchev–Trinajstić information content (AvgIpc) is 2.95. The van der Waals surface area contributed by atoms with Crippen LogP contribution in [0.2, 0.25) is 0 Å². The SMILES string of the molecule is C#CCN(C=O)c1c(N(C)CC(F)F)cc(NC(=O)c2cc(F)cc(C(F)(F)F)c2)c(C(=O)c2cc(F)ccc2C)c1C#N. The van der Waals surface area contributed by atoms with Crippen LogP contribution in [0.5, 0.6) is 0 Å². The van der Waals surface area contributed by atoms with Crippen molar-refractivity contribution in [3.63, 3.8) is 0 Å². The summed E-state index contributed by atoms with van der Waals surface area (Å²) >= 11 is 0. The van der Waals surface area contributed by atoms with Crippen LogP contribution in [0.3, 0.4) is 0 Å². The van der Waals surface area contributed by atoms with Crippen molar-refractivity contribution in [2.75, 3.05) is 35.3 Å². The van der Waals surface area contributed by atoms with Crippen molar-refractivity contribution >= 4 is 35.2 Å². The van der Waals surface area contributed by atoms with Crippen molar-refractivity contribution in [1.29, 1.82) is 5.26 Å². The lowest BCUT2D eigenvalue weighted by Gasteiger charge is -2.29. The molecule has 0 spiro atoms. The molecule has 0 saturated carbocycles. The lowest BCUT2D eigenvalue weighted by Crippen LogP contribution is -2.30. The topological polar surface area (TPSA) is 93.5 Å². The predicted octanol–water partition coefficient (Wildman–Crippen LogP) is 5.94. The number of nitrogens with one attached hydrogen (secondary N) is 1. The van der Waals surface area contributed by atoms with E-state index in [2.05, 4.69) is 11.2 Å². The molecule has 0 unspecified atom stereocenters.